The van der Waals surface area contributed by atoms with Crippen LogP contribution in [-0.4, -0.2) is 23.2 Å². The van der Waals surface area contributed by atoms with Gasteiger partial charge in [-0.15, -0.1) is 0 Å². The number of aromatic nitrogens is 1. The molecule has 5 heteroatoms. The molecule has 20 heavy (non-hydrogen) atoms. The molecule has 106 valence electrons. The van der Waals surface area contributed by atoms with Crippen LogP contribution in [0.4, 0.5) is 4.39 Å². The number of aliphatic hydroxyl groups excluding tert-OH is 1. The molecule has 1 aromatic carbocycles. The molecule has 0 aliphatic rings. The maximum absolute atomic E-state index is 14.0. The van der Waals surface area contributed by atoms with E-state index in [0.29, 0.717) is 12.0 Å². The van der Waals surface area contributed by atoms with Gasteiger partial charge in [0.05, 0.1) is 6.61 Å². The number of hydrogen-bond acceptors (Lipinski definition) is 3. The molecule has 0 saturated carbocycles. The van der Waals surface area contributed by atoms with Gasteiger partial charge < -0.3 is 10.8 Å². The molecule has 3 nitrogen and oxygen atoms in total. The third-order valence-corrected chi connectivity index (χ3v) is 3.92. The van der Waals surface area contributed by atoms with E-state index in [9.17, 15) is 9.50 Å². The van der Waals surface area contributed by atoms with Crippen LogP contribution in [0.25, 0.3) is 0 Å². The van der Waals surface area contributed by atoms with Gasteiger partial charge in [-0.3, -0.25) is 4.98 Å². The first kappa shape index (κ1) is 15.1. The van der Waals surface area contributed by atoms with Crippen molar-refractivity contribution in [2.24, 2.45) is 5.73 Å². The third kappa shape index (κ3) is 3.06. The Hall–Kier alpha value is -1.30. The first-order valence-electron chi connectivity index (χ1n) is 6.28. The average Bonchev–Trinajstić information content (AvgIpc) is 2.48. The zero-order valence-electron chi connectivity index (χ0n) is 10.9. The summed E-state index contributed by atoms with van der Waals surface area (Å²) >= 11 is 3.32. The molecule has 0 aliphatic carbocycles. The second kappa shape index (κ2) is 6.43. The Bertz CT molecular complexity index is 570. The fraction of sp³-hybridized carbons (Fsp3) is 0.267. The van der Waals surface area contributed by atoms with Gasteiger partial charge >= 0.3 is 0 Å². The van der Waals surface area contributed by atoms with Crippen LogP contribution in [0.5, 0.6) is 0 Å². The Morgan fingerprint density at radius 2 is 2.00 bits per heavy atom. The van der Waals surface area contributed by atoms with E-state index in [1.165, 1.54) is 6.07 Å². The molecule has 0 spiro atoms. The van der Waals surface area contributed by atoms with Crippen molar-refractivity contribution < 1.29 is 9.50 Å². The molecule has 0 amide bonds. The zero-order chi connectivity index (χ0) is 14.6. The maximum Gasteiger partial charge on any atom is 0.127 e. The smallest absolute Gasteiger partial charge is 0.127 e. The topological polar surface area (TPSA) is 59.1 Å². The molecule has 1 atom stereocenters. The van der Waals surface area contributed by atoms with E-state index >= 15 is 0 Å². The minimum absolute atomic E-state index is 0.141. The van der Waals surface area contributed by atoms with Crippen LogP contribution in [-0.2, 0) is 11.8 Å². The lowest BCUT2D eigenvalue weighted by Gasteiger charge is -2.31. The highest BCUT2D eigenvalue weighted by Crippen LogP contribution is 2.29. The largest absolute Gasteiger partial charge is 0.395 e. The lowest BCUT2D eigenvalue weighted by molar-refractivity contribution is 0.191. The van der Waals surface area contributed by atoms with Crippen LogP contribution in [0, 0.1) is 5.82 Å². The zero-order valence-corrected chi connectivity index (χ0v) is 12.5. The summed E-state index contributed by atoms with van der Waals surface area (Å²) in [5.74, 6) is -0.357. The molecule has 0 saturated heterocycles. The van der Waals surface area contributed by atoms with Gasteiger partial charge in [0.1, 0.15) is 5.82 Å². The van der Waals surface area contributed by atoms with E-state index in [1.54, 1.807) is 24.4 Å². The number of benzene rings is 1. The van der Waals surface area contributed by atoms with Gasteiger partial charge in [0, 0.05) is 34.7 Å². The predicted octanol–water partition coefficient (Wildman–Crippen LogP) is 2.41. The van der Waals surface area contributed by atoms with E-state index < -0.39 is 5.41 Å². The Kier molecular flexibility index (Phi) is 4.86. The number of nitrogens with zero attached hydrogens (tertiary/aromatic N) is 1. The third-order valence-electron chi connectivity index (χ3n) is 3.45. The summed E-state index contributed by atoms with van der Waals surface area (Å²) in [4.78, 5) is 4.28. The lowest BCUT2D eigenvalue weighted by Crippen LogP contribution is -2.42. The van der Waals surface area contributed by atoms with E-state index in [1.807, 2.05) is 12.1 Å². The second-order valence-electron chi connectivity index (χ2n) is 4.77. The van der Waals surface area contributed by atoms with Crippen molar-refractivity contribution in [2.75, 3.05) is 13.2 Å². The normalized spacial score (nSPS) is 14.0. The standard InChI is InChI=1S/C15H16BrFN2O/c16-11-5-6-12(19-8-11)7-15(9-18,10-20)13-3-1-2-4-14(13)17/h1-6,8,20H,7,9-10,18H2. The van der Waals surface area contributed by atoms with Gasteiger partial charge in [-0.2, -0.15) is 0 Å². The summed E-state index contributed by atoms with van der Waals surface area (Å²) in [6, 6.07) is 10.1. The average molecular weight is 339 g/mol. The van der Waals surface area contributed by atoms with Gasteiger partial charge in [-0.05, 0) is 39.7 Å². The van der Waals surface area contributed by atoms with Gasteiger partial charge in [0.2, 0.25) is 0 Å². The molecule has 0 radical (unpaired) electrons. The minimum atomic E-state index is -0.855. The molecule has 1 aromatic heterocycles. The summed E-state index contributed by atoms with van der Waals surface area (Å²) in [5.41, 5.74) is 6.16. The van der Waals surface area contributed by atoms with Gasteiger partial charge in [0.15, 0.2) is 0 Å². The highest BCUT2D eigenvalue weighted by molar-refractivity contribution is 9.10. The molecular weight excluding hydrogens is 323 g/mol. The van der Waals surface area contributed by atoms with E-state index in [0.717, 1.165) is 10.2 Å². The minimum Gasteiger partial charge on any atom is -0.395 e. The van der Waals surface area contributed by atoms with Crippen molar-refractivity contribution >= 4 is 15.9 Å². The number of pyridine rings is 1. The Balaban J connectivity index is 2.39. The Morgan fingerprint density at radius 1 is 1.25 bits per heavy atom. The molecule has 0 aliphatic heterocycles. The Labute approximate surface area is 125 Å². The van der Waals surface area contributed by atoms with Crippen molar-refractivity contribution in [3.63, 3.8) is 0 Å². The SMILES string of the molecule is NCC(CO)(Cc1ccc(Br)cn1)c1ccccc1F. The molecule has 2 aromatic rings. The predicted molar refractivity (Wildman–Crippen MR) is 79.9 cm³/mol. The molecule has 0 fully saturated rings. The first-order chi connectivity index (χ1) is 9.61. The van der Waals surface area contributed by atoms with Crippen LogP contribution in [0.1, 0.15) is 11.3 Å². The molecular formula is C15H16BrFN2O. The summed E-state index contributed by atoms with van der Waals surface area (Å²) in [5, 5.41) is 9.79. The monoisotopic (exact) mass is 338 g/mol. The molecule has 3 N–H and O–H groups in total. The van der Waals surface area contributed by atoms with Crippen LogP contribution >= 0.6 is 15.9 Å². The van der Waals surface area contributed by atoms with E-state index in [-0.39, 0.29) is 19.0 Å². The van der Waals surface area contributed by atoms with Crippen molar-refractivity contribution in [2.45, 2.75) is 11.8 Å². The lowest BCUT2D eigenvalue weighted by atomic mass is 9.77. The van der Waals surface area contributed by atoms with Crippen LogP contribution in [0.3, 0.4) is 0 Å². The van der Waals surface area contributed by atoms with E-state index in [4.69, 9.17) is 5.73 Å². The summed E-state index contributed by atoms with van der Waals surface area (Å²) in [6.45, 7) is -0.0929. The maximum atomic E-state index is 14.0. The molecule has 2 rings (SSSR count). The second-order valence-corrected chi connectivity index (χ2v) is 5.68. The van der Waals surface area contributed by atoms with E-state index in [2.05, 4.69) is 20.9 Å². The van der Waals surface area contributed by atoms with Gasteiger partial charge in [0.25, 0.3) is 0 Å². The highest BCUT2D eigenvalue weighted by atomic mass is 79.9. The number of aliphatic hydroxyl groups is 1. The molecule has 1 unspecified atom stereocenters. The quantitative estimate of drug-likeness (QED) is 0.880. The van der Waals surface area contributed by atoms with Gasteiger partial charge in [-0.25, -0.2) is 4.39 Å². The fourth-order valence-corrected chi connectivity index (χ4v) is 2.47. The summed E-state index contributed by atoms with van der Waals surface area (Å²) in [6.07, 6.45) is 2.06. The van der Waals surface area contributed by atoms with Crippen molar-refractivity contribution in [3.8, 4) is 0 Å². The summed E-state index contributed by atoms with van der Waals surface area (Å²) in [7, 11) is 0. The Morgan fingerprint density at radius 3 is 2.55 bits per heavy atom. The summed E-state index contributed by atoms with van der Waals surface area (Å²) < 4.78 is 14.9. The number of nitrogens with two attached hydrogens (primary N) is 1. The molecule has 0 bridgehead atoms. The van der Waals surface area contributed by atoms with Crippen LogP contribution in [0.15, 0.2) is 47.1 Å². The van der Waals surface area contributed by atoms with Crippen molar-refractivity contribution in [3.05, 3.63) is 64.1 Å². The number of hydrogen-bond donors (Lipinski definition) is 2. The fourth-order valence-electron chi connectivity index (χ4n) is 2.23. The van der Waals surface area contributed by atoms with Crippen molar-refractivity contribution in [1.82, 2.24) is 4.98 Å². The number of halogens is 2. The number of rotatable bonds is 5. The highest BCUT2D eigenvalue weighted by Gasteiger charge is 2.33. The van der Waals surface area contributed by atoms with Crippen LogP contribution < -0.4 is 5.73 Å². The first-order valence-corrected chi connectivity index (χ1v) is 7.07. The van der Waals surface area contributed by atoms with Crippen LogP contribution in [0.2, 0.25) is 0 Å². The molecule has 1 heterocycles. The van der Waals surface area contributed by atoms with Gasteiger partial charge in [-0.1, -0.05) is 18.2 Å². The van der Waals surface area contributed by atoms with Crippen molar-refractivity contribution in [1.29, 1.82) is 0 Å².